The van der Waals surface area contributed by atoms with E-state index >= 15 is 0 Å². The standard InChI is InChI=1S/C24H32ClN3O4S/c25-18-6-2-3-7-19(18)28(33(31)32)24(8-4-1-5-9-24)22(30)27-20-16-10-15-11-17(20)14-23(12-15,13-16)21(26)29/h2-3,6-7,15-17,20,33H,1,4-5,8-14H2,(H2,26,29)(H,27,30). The summed E-state index contributed by atoms with van der Waals surface area (Å²) in [7, 11) is -3.09. The maximum absolute atomic E-state index is 14.0. The Balaban J connectivity index is 1.46. The van der Waals surface area contributed by atoms with E-state index in [0.717, 1.165) is 51.4 Å². The van der Waals surface area contributed by atoms with Crippen molar-refractivity contribution in [2.75, 3.05) is 4.31 Å². The summed E-state index contributed by atoms with van der Waals surface area (Å²) in [6, 6.07) is 6.76. The number of hydrogen-bond donors (Lipinski definition) is 3. The number of thiol groups is 1. The highest BCUT2D eigenvalue weighted by atomic mass is 35.5. The first-order valence-corrected chi connectivity index (χ1v) is 13.6. The van der Waals surface area contributed by atoms with Gasteiger partial charge in [-0.1, -0.05) is 43.0 Å². The monoisotopic (exact) mass is 493 g/mol. The fraction of sp³-hybridized carbons (Fsp3) is 0.667. The van der Waals surface area contributed by atoms with Crippen LogP contribution in [0.5, 0.6) is 0 Å². The number of rotatable bonds is 6. The Bertz CT molecular complexity index is 1010. The lowest BCUT2D eigenvalue weighted by molar-refractivity contribution is -0.148. The molecule has 1 aromatic rings. The number of nitrogens with zero attached hydrogens (tertiary/aromatic N) is 1. The van der Waals surface area contributed by atoms with E-state index in [2.05, 4.69) is 5.32 Å². The molecule has 33 heavy (non-hydrogen) atoms. The molecule has 2 atom stereocenters. The summed E-state index contributed by atoms with van der Waals surface area (Å²) in [5, 5.41) is 3.62. The number of carbonyl (C=O) groups excluding carboxylic acids is 2. The predicted molar refractivity (Wildman–Crippen MR) is 127 cm³/mol. The van der Waals surface area contributed by atoms with E-state index in [4.69, 9.17) is 17.3 Å². The Morgan fingerprint density at radius 2 is 1.67 bits per heavy atom. The lowest BCUT2D eigenvalue weighted by atomic mass is 9.47. The molecule has 5 saturated carbocycles. The van der Waals surface area contributed by atoms with Gasteiger partial charge in [0.15, 0.2) is 0 Å². The maximum Gasteiger partial charge on any atom is 0.247 e. The first kappa shape index (κ1) is 23.0. The molecule has 5 aliphatic rings. The SMILES string of the molecule is NC(=O)C12CC3CC(C1)C(NC(=O)C1(N(c4ccccc4Cl)[SH](=O)=O)CCCCC1)C(C3)C2. The number of halogens is 1. The van der Waals surface area contributed by atoms with Gasteiger partial charge in [0.25, 0.3) is 0 Å². The minimum atomic E-state index is -3.09. The van der Waals surface area contributed by atoms with E-state index in [9.17, 15) is 18.0 Å². The fourth-order valence-electron chi connectivity index (χ4n) is 7.62. The average molecular weight is 494 g/mol. The molecule has 1 aromatic carbocycles. The molecular weight excluding hydrogens is 462 g/mol. The normalized spacial score (nSPS) is 34.2. The summed E-state index contributed by atoms with van der Waals surface area (Å²) in [5.74, 6) is 0.476. The molecule has 0 radical (unpaired) electrons. The van der Waals surface area contributed by atoms with Crippen molar-refractivity contribution in [3.05, 3.63) is 29.3 Å². The van der Waals surface area contributed by atoms with Crippen LogP contribution in [0.15, 0.2) is 24.3 Å². The Labute approximate surface area is 201 Å². The first-order valence-electron chi connectivity index (χ1n) is 12.1. The summed E-state index contributed by atoms with van der Waals surface area (Å²) < 4.78 is 26.4. The molecular formula is C24H32ClN3O4S. The van der Waals surface area contributed by atoms with Gasteiger partial charge in [0.2, 0.25) is 22.7 Å². The quantitative estimate of drug-likeness (QED) is 0.528. The van der Waals surface area contributed by atoms with Crippen LogP contribution >= 0.6 is 11.6 Å². The molecule has 2 amide bonds. The summed E-state index contributed by atoms with van der Waals surface area (Å²) in [5.41, 5.74) is 4.55. The zero-order chi connectivity index (χ0) is 23.4. The molecule has 7 nitrogen and oxygen atoms in total. The topological polar surface area (TPSA) is 110 Å². The van der Waals surface area contributed by atoms with Crippen molar-refractivity contribution in [3.63, 3.8) is 0 Å². The van der Waals surface area contributed by atoms with Crippen LogP contribution in [0.25, 0.3) is 0 Å². The molecule has 0 aromatic heterocycles. The number of primary amides is 1. The Hall–Kier alpha value is -1.80. The van der Waals surface area contributed by atoms with Crippen LogP contribution in [-0.4, -0.2) is 31.8 Å². The van der Waals surface area contributed by atoms with Gasteiger partial charge in [0.05, 0.1) is 10.7 Å². The first-order chi connectivity index (χ1) is 15.8. The van der Waals surface area contributed by atoms with Gasteiger partial charge >= 0.3 is 0 Å². The summed E-state index contributed by atoms with van der Waals surface area (Å²) in [4.78, 5) is 26.3. The molecule has 0 spiro atoms. The molecule has 3 N–H and O–H groups in total. The van der Waals surface area contributed by atoms with E-state index in [1.165, 1.54) is 4.31 Å². The summed E-state index contributed by atoms with van der Waals surface area (Å²) in [6.45, 7) is 0. The van der Waals surface area contributed by atoms with Crippen LogP contribution in [-0.2, 0) is 20.5 Å². The van der Waals surface area contributed by atoms with Gasteiger partial charge in [-0.15, -0.1) is 0 Å². The third kappa shape index (κ3) is 3.73. The predicted octanol–water partition coefficient (Wildman–Crippen LogP) is 3.17. The Morgan fingerprint density at radius 3 is 2.24 bits per heavy atom. The summed E-state index contributed by atoms with van der Waals surface area (Å²) >= 11 is 6.40. The molecule has 6 rings (SSSR count). The largest absolute Gasteiger partial charge is 0.369 e. The smallest absolute Gasteiger partial charge is 0.247 e. The highest BCUT2D eigenvalue weighted by Crippen LogP contribution is 2.60. The molecule has 9 heteroatoms. The lowest BCUT2D eigenvalue weighted by Crippen LogP contribution is -2.66. The van der Waals surface area contributed by atoms with E-state index in [0.29, 0.717) is 29.5 Å². The van der Waals surface area contributed by atoms with Gasteiger partial charge < -0.3 is 11.1 Å². The van der Waals surface area contributed by atoms with Crippen LogP contribution in [0.2, 0.25) is 5.02 Å². The molecule has 5 aliphatic carbocycles. The zero-order valence-corrected chi connectivity index (χ0v) is 20.3. The van der Waals surface area contributed by atoms with Crippen molar-refractivity contribution in [1.29, 1.82) is 0 Å². The van der Waals surface area contributed by atoms with Gasteiger partial charge in [-0.25, -0.2) is 8.42 Å². The second-order valence-electron chi connectivity index (χ2n) is 10.7. The molecule has 180 valence electrons. The average Bonchev–Trinajstić information content (AvgIpc) is 2.77. The van der Waals surface area contributed by atoms with Crippen LogP contribution < -0.4 is 15.4 Å². The molecule has 0 aliphatic heterocycles. The van der Waals surface area contributed by atoms with Crippen LogP contribution in [0, 0.1) is 23.2 Å². The number of anilines is 1. The second kappa shape index (κ2) is 8.45. The number of nitrogens with two attached hydrogens (primary N) is 1. The van der Waals surface area contributed by atoms with Gasteiger partial charge in [0.1, 0.15) is 5.54 Å². The lowest BCUT2D eigenvalue weighted by Gasteiger charge is -2.59. The van der Waals surface area contributed by atoms with Gasteiger partial charge in [-0.3, -0.25) is 13.9 Å². The van der Waals surface area contributed by atoms with E-state index in [1.54, 1.807) is 24.3 Å². The minimum Gasteiger partial charge on any atom is -0.369 e. The Kier molecular flexibility index (Phi) is 5.88. The third-order valence-corrected chi connectivity index (χ3v) is 10.1. The molecule has 0 saturated heterocycles. The van der Waals surface area contributed by atoms with Crippen molar-refractivity contribution >= 4 is 40.0 Å². The highest BCUT2D eigenvalue weighted by Gasteiger charge is 2.59. The Morgan fingerprint density at radius 1 is 1.03 bits per heavy atom. The van der Waals surface area contributed by atoms with Crippen molar-refractivity contribution in [2.45, 2.75) is 75.8 Å². The van der Waals surface area contributed by atoms with Gasteiger partial charge in [-0.05, 0) is 74.8 Å². The number of carbonyl (C=O) groups is 2. The molecule has 4 bridgehead atoms. The van der Waals surface area contributed by atoms with Crippen LogP contribution in [0.1, 0.15) is 64.2 Å². The van der Waals surface area contributed by atoms with E-state index in [1.807, 2.05) is 0 Å². The number of para-hydroxylation sites is 1. The number of amides is 2. The molecule has 0 heterocycles. The van der Waals surface area contributed by atoms with E-state index in [-0.39, 0.29) is 29.7 Å². The molecule has 2 unspecified atom stereocenters. The van der Waals surface area contributed by atoms with Crippen molar-refractivity contribution in [1.82, 2.24) is 5.32 Å². The zero-order valence-electron chi connectivity index (χ0n) is 18.7. The molecule has 5 fully saturated rings. The van der Waals surface area contributed by atoms with Crippen molar-refractivity contribution < 1.29 is 18.0 Å². The minimum absolute atomic E-state index is 0.0436. The van der Waals surface area contributed by atoms with Crippen LogP contribution in [0.4, 0.5) is 5.69 Å². The number of hydrogen-bond acceptors (Lipinski definition) is 4. The number of benzene rings is 1. The van der Waals surface area contributed by atoms with E-state index < -0.39 is 21.8 Å². The number of nitrogens with one attached hydrogen (secondary N) is 1. The van der Waals surface area contributed by atoms with Crippen LogP contribution in [0.3, 0.4) is 0 Å². The fourth-order valence-corrected chi connectivity index (χ4v) is 8.85. The third-order valence-electron chi connectivity index (χ3n) is 8.85. The van der Waals surface area contributed by atoms with Crippen molar-refractivity contribution in [3.8, 4) is 0 Å². The van der Waals surface area contributed by atoms with Gasteiger partial charge in [0, 0.05) is 11.5 Å². The van der Waals surface area contributed by atoms with Crippen molar-refractivity contribution in [2.24, 2.45) is 28.9 Å². The highest BCUT2D eigenvalue weighted by molar-refractivity contribution is 7.74. The summed E-state index contributed by atoms with van der Waals surface area (Å²) in [6.07, 6.45) is 7.75. The second-order valence-corrected chi connectivity index (χ2v) is 12.0. The van der Waals surface area contributed by atoms with Gasteiger partial charge in [-0.2, -0.15) is 0 Å². The maximum atomic E-state index is 14.0.